The van der Waals surface area contributed by atoms with Crippen LogP contribution in [0.2, 0.25) is 0 Å². The molecule has 0 amide bonds. The third-order valence-electron chi connectivity index (χ3n) is 2.57. The van der Waals surface area contributed by atoms with Crippen molar-refractivity contribution in [1.29, 1.82) is 0 Å². The van der Waals surface area contributed by atoms with Gasteiger partial charge in [-0.05, 0) is 25.0 Å². The minimum Gasteiger partial charge on any atom is -0.483 e. The molecule has 0 bridgehead atoms. The molecule has 1 aromatic rings. The first-order chi connectivity index (χ1) is 7.66. The summed E-state index contributed by atoms with van der Waals surface area (Å²) in [5.74, 6) is 0.615. The zero-order valence-electron chi connectivity index (χ0n) is 8.59. The highest BCUT2D eigenvalue weighted by Gasteiger charge is 2.26. The van der Waals surface area contributed by atoms with Crippen molar-refractivity contribution < 1.29 is 14.5 Å². The highest BCUT2D eigenvalue weighted by molar-refractivity contribution is 5.85. The molecule has 1 aliphatic carbocycles. The molecule has 1 aliphatic rings. The number of nitro benzene ring substituents is 1. The average molecular weight is 221 g/mol. The van der Waals surface area contributed by atoms with Crippen molar-refractivity contribution in [2.24, 2.45) is 0 Å². The number of benzene rings is 1. The minimum absolute atomic E-state index is 0.0186. The van der Waals surface area contributed by atoms with Crippen molar-refractivity contribution >= 4 is 11.5 Å². The number of nitro groups is 1. The summed E-state index contributed by atoms with van der Waals surface area (Å²) in [5.41, 5.74) is 0.0186. The molecule has 1 aromatic carbocycles. The quantitative estimate of drug-likeness (QED) is 0.578. The highest BCUT2D eigenvalue weighted by Crippen LogP contribution is 2.23. The largest absolute Gasteiger partial charge is 0.483 e. The summed E-state index contributed by atoms with van der Waals surface area (Å²) in [7, 11) is 0. The summed E-state index contributed by atoms with van der Waals surface area (Å²) in [4.78, 5) is 21.3. The maximum Gasteiger partial charge on any atom is 0.269 e. The van der Waals surface area contributed by atoms with E-state index in [1.165, 1.54) is 24.3 Å². The van der Waals surface area contributed by atoms with Crippen LogP contribution in [-0.4, -0.2) is 16.8 Å². The molecule has 1 fully saturated rings. The van der Waals surface area contributed by atoms with E-state index in [2.05, 4.69) is 0 Å². The summed E-state index contributed by atoms with van der Waals surface area (Å²) >= 11 is 0. The first-order valence-corrected chi connectivity index (χ1v) is 5.10. The lowest BCUT2D eigenvalue weighted by molar-refractivity contribution is -0.384. The molecule has 0 saturated heterocycles. The molecule has 0 N–H and O–H groups in total. The van der Waals surface area contributed by atoms with Gasteiger partial charge in [0, 0.05) is 18.6 Å². The minimum atomic E-state index is -0.468. The van der Waals surface area contributed by atoms with Crippen LogP contribution in [0, 0.1) is 10.1 Å². The first kappa shape index (κ1) is 10.6. The van der Waals surface area contributed by atoms with Crippen LogP contribution in [0.25, 0.3) is 0 Å². The second-order valence-electron chi connectivity index (χ2n) is 3.72. The molecule has 5 nitrogen and oxygen atoms in total. The maximum atomic E-state index is 11.3. The van der Waals surface area contributed by atoms with E-state index in [0.717, 1.165) is 12.8 Å². The third kappa shape index (κ3) is 2.18. The number of hydrogen-bond donors (Lipinski definition) is 0. The number of carbonyl (C=O) groups is 1. The average Bonchev–Trinajstić information content (AvgIpc) is 2.65. The van der Waals surface area contributed by atoms with E-state index >= 15 is 0 Å². The maximum absolute atomic E-state index is 11.3. The lowest BCUT2D eigenvalue weighted by atomic mass is 10.2. The van der Waals surface area contributed by atoms with Gasteiger partial charge >= 0.3 is 0 Å². The Balaban J connectivity index is 2.05. The topological polar surface area (TPSA) is 69.4 Å². The molecule has 0 aromatic heterocycles. The highest BCUT2D eigenvalue weighted by atomic mass is 16.6. The number of Topliss-reactive ketones (excluding diaryl/α,β-unsaturated/α-hetero) is 1. The van der Waals surface area contributed by atoms with Crippen molar-refractivity contribution in [3.05, 3.63) is 34.4 Å². The summed E-state index contributed by atoms with van der Waals surface area (Å²) in [6, 6.07) is 5.77. The Morgan fingerprint density at radius 2 is 2.00 bits per heavy atom. The normalized spacial score (nSPS) is 19.8. The van der Waals surface area contributed by atoms with Crippen molar-refractivity contribution in [1.82, 2.24) is 0 Å². The van der Waals surface area contributed by atoms with Gasteiger partial charge in [-0.1, -0.05) is 0 Å². The Labute approximate surface area is 92.2 Å². The van der Waals surface area contributed by atoms with Crippen LogP contribution in [0.15, 0.2) is 24.3 Å². The van der Waals surface area contributed by atoms with Gasteiger partial charge in [-0.15, -0.1) is 0 Å². The Kier molecular flexibility index (Phi) is 2.85. The molecular weight excluding hydrogens is 210 g/mol. The van der Waals surface area contributed by atoms with Crippen LogP contribution >= 0.6 is 0 Å². The monoisotopic (exact) mass is 221 g/mol. The zero-order valence-corrected chi connectivity index (χ0v) is 8.59. The van der Waals surface area contributed by atoms with Crippen molar-refractivity contribution in [2.45, 2.75) is 25.4 Å². The van der Waals surface area contributed by atoms with Crippen LogP contribution < -0.4 is 4.74 Å². The van der Waals surface area contributed by atoms with Crippen LogP contribution in [0.1, 0.15) is 19.3 Å². The Morgan fingerprint density at radius 1 is 1.31 bits per heavy atom. The summed E-state index contributed by atoms with van der Waals surface area (Å²) in [6.45, 7) is 0. The lowest BCUT2D eigenvalue weighted by Gasteiger charge is -2.11. The van der Waals surface area contributed by atoms with Crippen molar-refractivity contribution in [3.63, 3.8) is 0 Å². The van der Waals surface area contributed by atoms with E-state index in [4.69, 9.17) is 4.74 Å². The van der Waals surface area contributed by atoms with E-state index < -0.39 is 4.92 Å². The standard InChI is InChI=1S/C11H11NO4/c13-10-2-1-3-11(10)16-9-6-4-8(5-7-9)12(14)15/h4-7,11H,1-3H2. The Hall–Kier alpha value is -1.91. The number of non-ortho nitro benzene ring substituents is 1. The molecule has 1 unspecified atom stereocenters. The second kappa shape index (κ2) is 4.30. The first-order valence-electron chi connectivity index (χ1n) is 5.10. The fourth-order valence-corrected chi connectivity index (χ4v) is 1.72. The van der Waals surface area contributed by atoms with Gasteiger partial charge in [0.2, 0.25) is 0 Å². The SMILES string of the molecule is O=C1CCCC1Oc1ccc([N+](=O)[O-])cc1. The van der Waals surface area contributed by atoms with Gasteiger partial charge in [0.15, 0.2) is 11.9 Å². The number of ketones is 1. The Morgan fingerprint density at radius 3 is 2.50 bits per heavy atom. The van der Waals surface area contributed by atoms with Gasteiger partial charge in [-0.2, -0.15) is 0 Å². The number of carbonyl (C=O) groups excluding carboxylic acids is 1. The van der Waals surface area contributed by atoms with E-state index in [1.807, 2.05) is 0 Å². The summed E-state index contributed by atoms with van der Waals surface area (Å²) in [6.07, 6.45) is 1.78. The fourth-order valence-electron chi connectivity index (χ4n) is 1.72. The molecular formula is C11H11NO4. The molecule has 0 radical (unpaired) electrons. The van der Waals surface area contributed by atoms with Crippen LogP contribution in [0.4, 0.5) is 5.69 Å². The van der Waals surface area contributed by atoms with Gasteiger partial charge < -0.3 is 4.74 Å². The molecule has 2 rings (SSSR count). The van der Waals surface area contributed by atoms with Crippen molar-refractivity contribution in [2.75, 3.05) is 0 Å². The zero-order chi connectivity index (χ0) is 11.5. The molecule has 16 heavy (non-hydrogen) atoms. The third-order valence-corrected chi connectivity index (χ3v) is 2.57. The lowest BCUT2D eigenvalue weighted by Crippen LogP contribution is -2.20. The van der Waals surface area contributed by atoms with Gasteiger partial charge in [0.25, 0.3) is 5.69 Å². The van der Waals surface area contributed by atoms with Gasteiger partial charge in [0.1, 0.15) is 5.75 Å². The number of hydrogen-bond acceptors (Lipinski definition) is 4. The number of rotatable bonds is 3. The van der Waals surface area contributed by atoms with Crippen LogP contribution in [-0.2, 0) is 4.79 Å². The predicted molar refractivity (Wildman–Crippen MR) is 56.4 cm³/mol. The summed E-state index contributed by atoms with van der Waals surface area (Å²) in [5, 5.41) is 10.4. The van der Waals surface area contributed by atoms with Crippen LogP contribution in [0.3, 0.4) is 0 Å². The van der Waals surface area contributed by atoms with E-state index in [-0.39, 0.29) is 17.6 Å². The van der Waals surface area contributed by atoms with Gasteiger partial charge in [0.05, 0.1) is 4.92 Å². The molecule has 0 spiro atoms. The fraction of sp³-hybridized carbons (Fsp3) is 0.364. The molecule has 0 aliphatic heterocycles. The van der Waals surface area contributed by atoms with E-state index in [1.54, 1.807) is 0 Å². The smallest absolute Gasteiger partial charge is 0.269 e. The van der Waals surface area contributed by atoms with Crippen molar-refractivity contribution in [3.8, 4) is 5.75 Å². The summed E-state index contributed by atoms with van der Waals surface area (Å²) < 4.78 is 5.45. The van der Waals surface area contributed by atoms with E-state index in [0.29, 0.717) is 12.2 Å². The predicted octanol–water partition coefficient (Wildman–Crippen LogP) is 2.10. The molecule has 1 saturated carbocycles. The molecule has 1 atom stereocenters. The number of ether oxygens (including phenoxy) is 1. The van der Waals surface area contributed by atoms with Gasteiger partial charge in [-0.25, -0.2) is 0 Å². The van der Waals surface area contributed by atoms with Gasteiger partial charge in [-0.3, -0.25) is 14.9 Å². The second-order valence-corrected chi connectivity index (χ2v) is 3.72. The van der Waals surface area contributed by atoms with E-state index in [9.17, 15) is 14.9 Å². The molecule has 84 valence electrons. The van der Waals surface area contributed by atoms with Crippen LogP contribution in [0.5, 0.6) is 5.75 Å². The number of nitrogens with zero attached hydrogens (tertiary/aromatic N) is 1. The molecule has 5 heteroatoms. The Bertz CT molecular complexity index is 412. The molecule has 0 heterocycles.